The van der Waals surface area contributed by atoms with Crippen LogP contribution in [0, 0.1) is 0 Å². The van der Waals surface area contributed by atoms with Crippen molar-refractivity contribution >= 4 is 54.1 Å². The number of aromatic nitrogens is 1. The number of hydrogen-bond donors (Lipinski definition) is 1. The van der Waals surface area contributed by atoms with E-state index in [1.807, 2.05) is 0 Å². The average Bonchev–Trinajstić information content (AvgIpc) is 2.87. The number of Topliss-reactive ketones (excluding diaryl/α,β-unsaturated/α-hetero) is 1. The van der Waals surface area contributed by atoms with Gasteiger partial charge in [-0.25, -0.2) is 13.4 Å². The van der Waals surface area contributed by atoms with Crippen molar-refractivity contribution in [2.24, 2.45) is 0 Å². The predicted molar refractivity (Wildman–Crippen MR) is 91.9 cm³/mol. The third-order valence-corrected chi connectivity index (χ3v) is 5.80. The quantitative estimate of drug-likeness (QED) is 0.709. The Hall–Kier alpha value is -1.96. The van der Waals surface area contributed by atoms with Crippen molar-refractivity contribution in [2.45, 2.75) is 11.8 Å². The highest BCUT2D eigenvalue weighted by Gasteiger charge is 2.17. The Morgan fingerprint density at radius 1 is 1.17 bits per heavy atom. The molecule has 5 nitrogen and oxygen atoms in total. The van der Waals surface area contributed by atoms with E-state index in [2.05, 4.69) is 9.71 Å². The molecule has 2 aromatic carbocycles. The summed E-state index contributed by atoms with van der Waals surface area (Å²) in [5.41, 5.74) is 1.13. The van der Waals surface area contributed by atoms with Gasteiger partial charge in [0.15, 0.2) is 10.9 Å². The predicted octanol–water partition coefficient (Wildman–Crippen LogP) is 3.95. The molecule has 0 unspecified atom stereocenters. The number of carbonyl (C=O) groups is 1. The Labute approximate surface area is 142 Å². The fourth-order valence-corrected chi connectivity index (χ4v) is 4.36. The zero-order valence-electron chi connectivity index (χ0n) is 11.9. The van der Waals surface area contributed by atoms with Crippen LogP contribution in [0.3, 0.4) is 0 Å². The zero-order chi connectivity index (χ0) is 16.6. The molecule has 118 valence electrons. The number of benzene rings is 2. The molecule has 0 spiro atoms. The Morgan fingerprint density at radius 3 is 2.52 bits per heavy atom. The molecule has 1 aromatic heterocycles. The molecule has 23 heavy (non-hydrogen) atoms. The molecular weight excluding hydrogens is 356 g/mol. The molecule has 0 radical (unpaired) electrons. The summed E-state index contributed by atoms with van der Waals surface area (Å²) in [7, 11) is -3.76. The average molecular weight is 367 g/mol. The van der Waals surface area contributed by atoms with E-state index in [-0.39, 0.29) is 15.8 Å². The number of anilines is 1. The lowest BCUT2D eigenvalue weighted by molar-refractivity contribution is 0.101. The first kappa shape index (κ1) is 15.9. The molecule has 0 saturated carbocycles. The first-order valence-electron chi connectivity index (χ1n) is 6.55. The van der Waals surface area contributed by atoms with E-state index in [0.29, 0.717) is 16.1 Å². The second kappa shape index (κ2) is 5.92. The normalized spacial score (nSPS) is 11.6. The maximum absolute atomic E-state index is 12.4. The lowest BCUT2D eigenvalue weighted by Crippen LogP contribution is -2.12. The molecule has 1 N–H and O–H groups in total. The van der Waals surface area contributed by atoms with Gasteiger partial charge in [-0.1, -0.05) is 35.1 Å². The second-order valence-corrected chi connectivity index (χ2v) is 7.97. The standard InChI is InChI=1S/C15H11ClN2O3S2/c1-9(19)10-2-5-12(6-3-10)23(20,21)18-15-17-13-7-4-11(16)8-14(13)22-15/h2-8H,1H3,(H,17,18). The van der Waals surface area contributed by atoms with Crippen molar-refractivity contribution in [3.63, 3.8) is 0 Å². The molecule has 0 aliphatic heterocycles. The van der Waals surface area contributed by atoms with Crippen LogP contribution >= 0.6 is 22.9 Å². The highest BCUT2D eigenvalue weighted by atomic mass is 35.5. The Balaban J connectivity index is 1.91. The molecular formula is C15H11ClN2O3S2. The largest absolute Gasteiger partial charge is 0.295 e. The number of halogens is 1. The zero-order valence-corrected chi connectivity index (χ0v) is 14.3. The molecule has 0 atom stereocenters. The number of ketones is 1. The van der Waals surface area contributed by atoms with Crippen LogP contribution < -0.4 is 4.72 Å². The van der Waals surface area contributed by atoms with Gasteiger partial charge in [-0.2, -0.15) is 0 Å². The van der Waals surface area contributed by atoms with Crippen LogP contribution in [0.4, 0.5) is 5.13 Å². The summed E-state index contributed by atoms with van der Waals surface area (Å²) in [4.78, 5) is 15.5. The van der Waals surface area contributed by atoms with Crippen LogP contribution in [0.15, 0.2) is 47.4 Å². The fraction of sp³-hybridized carbons (Fsp3) is 0.0667. The molecule has 8 heteroatoms. The fourth-order valence-electron chi connectivity index (χ4n) is 1.98. The molecule has 0 aliphatic rings. The van der Waals surface area contributed by atoms with Crippen LogP contribution in [0.1, 0.15) is 17.3 Å². The van der Waals surface area contributed by atoms with Gasteiger partial charge in [-0.05, 0) is 37.3 Å². The minimum atomic E-state index is -3.76. The SMILES string of the molecule is CC(=O)c1ccc(S(=O)(=O)Nc2nc3ccc(Cl)cc3s2)cc1. The summed E-state index contributed by atoms with van der Waals surface area (Å²) in [6, 6.07) is 10.9. The smallest absolute Gasteiger partial charge is 0.263 e. The number of hydrogen-bond acceptors (Lipinski definition) is 5. The monoisotopic (exact) mass is 366 g/mol. The maximum Gasteiger partial charge on any atom is 0.263 e. The lowest BCUT2D eigenvalue weighted by atomic mass is 10.2. The van der Waals surface area contributed by atoms with E-state index >= 15 is 0 Å². The number of sulfonamides is 1. The summed E-state index contributed by atoms with van der Waals surface area (Å²) >= 11 is 7.11. The van der Waals surface area contributed by atoms with E-state index < -0.39 is 10.0 Å². The van der Waals surface area contributed by atoms with Crippen molar-refractivity contribution in [3.05, 3.63) is 53.1 Å². The van der Waals surface area contributed by atoms with Gasteiger partial charge >= 0.3 is 0 Å². The summed E-state index contributed by atoms with van der Waals surface area (Å²) in [6.45, 7) is 1.42. The molecule has 0 saturated heterocycles. The van der Waals surface area contributed by atoms with Gasteiger partial charge in [-0.15, -0.1) is 0 Å². The van der Waals surface area contributed by atoms with Crippen molar-refractivity contribution in [3.8, 4) is 0 Å². The van der Waals surface area contributed by atoms with Crippen molar-refractivity contribution in [1.29, 1.82) is 0 Å². The van der Waals surface area contributed by atoms with Crippen molar-refractivity contribution < 1.29 is 13.2 Å². The topological polar surface area (TPSA) is 76.1 Å². The van der Waals surface area contributed by atoms with Crippen LogP contribution in [0.25, 0.3) is 10.2 Å². The molecule has 0 aliphatic carbocycles. The first-order valence-corrected chi connectivity index (χ1v) is 9.23. The summed E-state index contributed by atoms with van der Waals surface area (Å²) in [5.74, 6) is -0.120. The molecule has 0 fully saturated rings. The van der Waals surface area contributed by atoms with E-state index in [0.717, 1.165) is 4.70 Å². The van der Waals surface area contributed by atoms with E-state index in [1.54, 1.807) is 18.2 Å². The van der Waals surface area contributed by atoms with Crippen LogP contribution in [0.2, 0.25) is 5.02 Å². The molecule has 1 heterocycles. The number of fused-ring (bicyclic) bond motifs is 1. The van der Waals surface area contributed by atoms with Gasteiger partial charge in [0.2, 0.25) is 0 Å². The number of nitrogens with one attached hydrogen (secondary N) is 1. The molecule has 3 rings (SSSR count). The third-order valence-electron chi connectivity index (χ3n) is 3.14. The van der Waals surface area contributed by atoms with Gasteiger partial charge in [0.1, 0.15) is 0 Å². The van der Waals surface area contributed by atoms with Gasteiger partial charge in [0.05, 0.1) is 15.1 Å². The number of carbonyl (C=O) groups excluding carboxylic acids is 1. The summed E-state index contributed by atoms with van der Waals surface area (Å²) in [6.07, 6.45) is 0. The van der Waals surface area contributed by atoms with E-state index in [4.69, 9.17) is 11.6 Å². The van der Waals surface area contributed by atoms with Crippen molar-refractivity contribution in [2.75, 3.05) is 4.72 Å². The molecule has 3 aromatic rings. The summed E-state index contributed by atoms with van der Waals surface area (Å²) in [5, 5.41) is 0.827. The Morgan fingerprint density at radius 2 is 1.87 bits per heavy atom. The van der Waals surface area contributed by atoms with Crippen molar-refractivity contribution in [1.82, 2.24) is 4.98 Å². The van der Waals surface area contributed by atoms with Crippen LogP contribution in [-0.2, 0) is 10.0 Å². The molecule has 0 bridgehead atoms. The minimum absolute atomic E-state index is 0.0692. The van der Waals surface area contributed by atoms with Crippen LogP contribution in [-0.4, -0.2) is 19.2 Å². The van der Waals surface area contributed by atoms with Crippen LogP contribution in [0.5, 0.6) is 0 Å². The maximum atomic E-state index is 12.4. The Bertz CT molecular complexity index is 995. The summed E-state index contributed by atoms with van der Waals surface area (Å²) < 4.78 is 28.0. The highest BCUT2D eigenvalue weighted by Crippen LogP contribution is 2.29. The van der Waals surface area contributed by atoms with Gasteiger partial charge in [0.25, 0.3) is 10.0 Å². The van der Waals surface area contributed by atoms with Gasteiger partial charge in [-0.3, -0.25) is 9.52 Å². The van der Waals surface area contributed by atoms with E-state index in [1.165, 1.54) is 42.5 Å². The first-order chi connectivity index (χ1) is 10.8. The second-order valence-electron chi connectivity index (χ2n) is 4.82. The highest BCUT2D eigenvalue weighted by molar-refractivity contribution is 7.93. The minimum Gasteiger partial charge on any atom is -0.295 e. The number of thiazole rings is 1. The molecule has 0 amide bonds. The van der Waals surface area contributed by atoms with Gasteiger partial charge in [0, 0.05) is 10.6 Å². The number of nitrogens with zero attached hydrogens (tertiary/aromatic N) is 1. The van der Waals surface area contributed by atoms with E-state index in [9.17, 15) is 13.2 Å². The third kappa shape index (κ3) is 3.36. The lowest BCUT2D eigenvalue weighted by Gasteiger charge is -2.05. The Kier molecular flexibility index (Phi) is 4.09. The number of rotatable bonds is 4. The van der Waals surface area contributed by atoms with Gasteiger partial charge < -0.3 is 0 Å².